The normalized spacial score (nSPS) is 15.8. The molecular weight excluding hydrogens is 315 g/mol. The first kappa shape index (κ1) is 15.4. The summed E-state index contributed by atoms with van der Waals surface area (Å²) in [6, 6.07) is 17.6. The second-order valence-electron chi connectivity index (χ2n) is 5.90. The molecule has 0 saturated carbocycles. The van der Waals surface area contributed by atoms with Gasteiger partial charge in [0.05, 0.1) is 11.8 Å². The van der Waals surface area contributed by atoms with Crippen LogP contribution in [0.15, 0.2) is 88.6 Å². The second-order valence-corrected chi connectivity index (χ2v) is 5.90. The molecule has 0 N–H and O–H groups in total. The Balaban J connectivity index is 1.71. The Bertz CT molecular complexity index is 999. The number of allylic oxidation sites excluding steroid dienone is 4. The number of halogens is 1. The number of hydrogen-bond donors (Lipinski definition) is 0. The highest BCUT2D eigenvalue weighted by molar-refractivity contribution is 5.70. The molecule has 0 spiro atoms. The molecule has 0 saturated heterocycles. The molecule has 3 nitrogen and oxygen atoms in total. The molecule has 0 atom stereocenters. The van der Waals surface area contributed by atoms with E-state index in [9.17, 15) is 4.39 Å². The average molecular weight is 333 g/mol. The highest BCUT2D eigenvalue weighted by Gasteiger charge is 2.18. The number of para-hydroxylation sites is 3. The van der Waals surface area contributed by atoms with Crippen LogP contribution < -0.4 is 9.47 Å². The first-order valence-electron chi connectivity index (χ1n) is 8.14. The largest absolute Gasteiger partial charge is 0.398 e. The molecule has 0 fully saturated rings. The zero-order valence-corrected chi connectivity index (χ0v) is 13.9. The topological polar surface area (TPSA) is 20.3 Å². The van der Waals surface area contributed by atoms with Gasteiger partial charge in [0.15, 0.2) is 0 Å². The van der Waals surface area contributed by atoms with Gasteiger partial charge in [0, 0.05) is 18.0 Å². The van der Waals surface area contributed by atoms with E-state index in [0.717, 1.165) is 28.3 Å². The minimum absolute atomic E-state index is 0.539. The van der Waals surface area contributed by atoms with Crippen LogP contribution in [0.3, 0.4) is 0 Å². The average Bonchev–Trinajstić information content (AvgIpc) is 2.98. The molecule has 4 heteroatoms. The SMILES string of the molecule is C[n+]1c(C=C2C=CN(c3ccccc3)C(CF)=C2)oc2ccccc21. The molecule has 25 heavy (non-hydrogen) atoms. The zero-order chi connectivity index (χ0) is 17.2. The number of nitrogens with zero attached hydrogens (tertiary/aromatic N) is 2. The van der Waals surface area contributed by atoms with E-state index >= 15 is 0 Å². The van der Waals surface area contributed by atoms with Gasteiger partial charge in [-0.15, -0.1) is 0 Å². The third kappa shape index (κ3) is 2.87. The molecular formula is C21H18FN2O+. The maximum atomic E-state index is 13.6. The predicted molar refractivity (Wildman–Crippen MR) is 97.5 cm³/mol. The van der Waals surface area contributed by atoms with Crippen molar-refractivity contribution in [3.8, 4) is 0 Å². The lowest BCUT2D eigenvalue weighted by Gasteiger charge is -2.25. The van der Waals surface area contributed by atoms with Crippen molar-refractivity contribution in [1.82, 2.24) is 0 Å². The van der Waals surface area contributed by atoms with E-state index in [1.165, 1.54) is 0 Å². The lowest BCUT2D eigenvalue weighted by molar-refractivity contribution is -0.652. The molecule has 3 aromatic rings. The fourth-order valence-corrected chi connectivity index (χ4v) is 2.99. The first-order valence-corrected chi connectivity index (χ1v) is 8.14. The van der Waals surface area contributed by atoms with Crippen molar-refractivity contribution >= 4 is 22.9 Å². The Morgan fingerprint density at radius 3 is 2.60 bits per heavy atom. The van der Waals surface area contributed by atoms with Gasteiger partial charge >= 0.3 is 5.89 Å². The summed E-state index contributed by atoms with van der Waals surface area (Å²) in [4.78, 5) is 1.86. The van der Waals surface area contributed by atoms with Gasteiger partial charge in [0.1, 0.15) is 13.7 Å². The van der Waals surface area contributed by atoms with Crippen LogP contribution in [-0.4, -0.2) is 6.67 Å². The second kappa shape index (κ2) is 6.40. The quantitative estimate of drug-likeness (QED) is 0.657. The van der Waals surface area contributed by atoms with Crippen LogP contribution in [-0.2, 0) is 7.05 Å². The van der Waals surface area contributed by atoms with E-state index in [-0.39, 0.29) is 0 Å². The standard InChI is InChI=1S/C21H18FN2O/c1-23-19-9-5-6-10-20(19)25-21(23)14-16-11-12-24(18(13-16)15-22)17-7-3-2-4-8-17/h2-14H,15H2,1H3/q+1. The van der Waals surface area contributed by atoms with E-state index in [1.54, 1.807) is 0 Å². The minimum Gasteiger partial charge on any atom is -0.398 e. The Morgan fingerprint density at radius 2 is 1.84 bits per heavy atom. The van der Waals surface area contributed by atoms with Gasteiger partial charge in [-0.25, -0.2) is 4.39 Å². The number of aryl methyl sites for hydroxylation is 1. The highest BCUT2D eigenvalue weighted by Crippen LogP contribution is 2.26. The van der Waals surface area contributed by atoms with Crippen LogP contribution in [0, 0.1) is 0 Å². The van der Waals surface area contributed by atoms with Crippen molar-refractivity contribution in [1.29, 1.82) is 0 Å². The molecule has 4 rings (SSSR count). The summed E-state index contributed by atoms with van der Waals surface area (Å²) in [5.74, 6) is 0.725. The van der Waals surface area contributed by atoms with Crippen molar-refractivity contribution in [3.05, 3.63) is 90.1 Å². The van der Waals surface area contributed by atoms with Gasteiger partial charge in [-0.2, -0.15) is 4.57 Å². The Morgan fingerprint density at radius 1 is 1.08 bits per heavy atom. The van der Waals surface area contributed by atoms with Gasteiger partial charge in [0.2, 0.25) is 5.58 Å². The summed E-state index contributed by atoms with van der Waals surface area (Å²) in [6.07, 6.45) is 7.62. The molecule has 124 valence electrons. The summed E-state index contributed by atoms with van der Waals surface area (Å²) in [5.41, 5.74) is 4.29. The molecule has 1 aliphatic heterocycles. The maximum Gasteiger partial charge on any atom is 0.374 e. The van der Waals surface area contributed by atoms with Gasteiger partial charge in [0.25, 0.3) is 5.52 Å². The molecule has 0 amide bonds. The molecule has 2 heterocycles. The van der Waals surface area contributed by atoms with Gasteiger partial charge in [-0.1, -0.05) is 30.3 Å². The minimum atomic E-state index is -0.539. The van der Waals surface area contributed by atoms with Crippen LogP contribution in [0.5, 0.6) is 0 Å². The molecule has 0 bridgehead atoms. The van der Waals surface area contributed by atoms with Crippen LogP contribution in [0.1, 0.15) is 5.89 Å². The van der Waals surface area contributed by atoms with E-state index < -0.39 is 6.67 Å². The van der Waals surface area contributed by atoms with E-state index in [2.05, 4.69) is 0 Å². The number of fused-ring (bicyclic) bond motifs is 1. The number of aromatic nitrogens is 1. The molecule has 2 aromatic carbocycles. The number of rotatable bonds is 3. The summed E-state index contributed by atoms with van der Waals surface area (Å²) in [6.45, 7) is -0.539. The van der Waals surface area contributed by atoms with Crippen molar-refractivity contribution in [2.24, 2.45) is 7.05 Å². The third-order valence-corrected chi connectivity index (χ3v) is 4.29. The van der Waals surface area contributed by atoms with Crippen molar-refractivity contribution in [2.75, 3.05) is 11.6 Å². The molecule has 1 aliphatic rings. The maximum absolute atomic E-state index is 13.6. The highest BCUT2D eigenvalue weighted by atomic mass is 19.1. The summed E-state index contributed by atoms with van der Waals surface area (Å²) < 4.78 is 21.5. The smallest absolute Gasteiger partial charge is 0.374 e. The molecule has 0 aliphatic carbocycles. The fraction of sp³-hybridized carbons (Fsp3) is 0.0952. The molecule has 0 radical (unpaired) electrons. The van der Waals surface area contributed by atoms with Gasteiger partial charge < -0.3 is 9.32 Å². The van der Waals surface area contributed by atoms with E-state index in [4.69, 9.17) is 4.42 Å². The van der Waals surface area contributed by atoms with Crippen molar-refractivity contribution < 1.29 is 13.4 Å². The summed E-state index contributed by atoms with van der Waals surface area (Å²) in [7, 11) is 1.96. The summed E-state index contributed by atoms with van der Waals surface area (Å²) >= 11 is 0. The fourth-order valence-electron chi connectivity index (χ4n) is 2.99. The zero-order valence-electron chi connectivity index (χ0n) is 13.9. The van der Waals surface area contributed by atoms with Crippen LogP contribution in [0.25, 0.3) is 17.2 Å². The van der Waals surface area contributed by atoms with Gasteiger partial charge in [-0.05, 0) is 35.9 Å². The number of anilines is 1. The Kier molecular flexibility index (Phi) is 3.94. The van der Waals surface area contributed by atoms with E-state index in [1.807, 2.05) is 95.5 Å². The lowest BCUT2D eigenvalue weighted by Crippen LogP contribution is -2.29. The Labute approximate surface area is 145 Å². The van der Waals surface area contributed by atoms with Crippen molar-refractivity contribution in [3.63, 3.8) is 0 Å². The molecule has 1 aromatic heterocycles. The first-order chi connectivity index (χ1) is 12.3. The number of hydrogen-bond acceptors (Lipinski definition) is 2. The van der Waals surface area contributed by atoms with E-state index in [0.29, 0.717) is 5.70 Å². The van der Waals surface area contributed by atoms with Gasteiger partial charge in [-0.3, -0.25) is 0 Å². The van der Waals surface area contributed by atoms with Crippen LogP contribution >= 0.6 is 0 Å². The lowest BCUT2D eigenvalue weighted by atomic mass is 10.1. The van der Waals surface area contributed by atoms with Crippen molar-refractivity contribution in [2.45, 2.75) is 0 Å². The number of oxazole rings is 1. The monoisotopic (exact) mass is 333 g/mol. The number of benzene rings is 2. The summed E-state index contributed by atoms with van der Waals surface area (Å²) in [5, 5.41) is 0. The van der Waals surface area contributed by atoms with Crippen LogP contribution in [0.4, 0.5) is 10.1 Å². The molecule has 0 unspecified atom stereocenters. The Hall–Kier alpha value is -3.14. The predicted octanol–water partition coefficient (Wildman–Crippen LogP) is 4.53. The third-order valence-electron chi connectivity index (χ3n) is 4.29. The number of alkyl halides is 1. The van der Waals surface area contributed by atoms with Crippen LogP contribution in [0.2, 0.25) is 0 Å².